The fourth-order valence-electron chi connectivity index (χ4n) is 1.37. The zero-order chi connectivity index (χ0) is 13.8. The van der Waals surface area contributed by atoms with Gasteiger partial charge in [-0.05, 0) is 48.7 Å². The van der Waals surface area contributed by atoms with Gasteiger partial charge in [0, 0.05) is 6.07 Å². The monoisotopic (exact) mass is 333 g/mol. The SMILES string of the molecule is CC(C)(C#N)CCCOc1cc(F)c(Cl)cc1Br. The van der Waals surface area contributed by atoms with Crippen molar-refractivity contribution in [2.24, 2.45) is 5.41 Å². The van der Waals surface area contributed by atoms with E-state index in [1.165, 1.54) is 12.1 Å². The summed E-state index contributed by atoms with van der Waals surface area (Å²) in [5, 5.41) is 8.91. The second kappa shape index (κ2) is 6.40. The number of rotatable bonds is 5. The van der Waals surface area contributed by atoms with Crippen LogP contribution in [-0.2, 0) is 0 Å². The van der Waals surface area contributed by atoms with Crippen LogP contribution in [0, 0.1) is 22.6 Å². The van der Waals surface area contributed by atoms with Gasteiger partial charge >= 0.3 is 0 Å². The molecule has 0 spiro atoms. The molecule has 0 aliphatic heterocycles. The molecule has 0 fully saturated rings. The molecule has 0 amide bonds. The lowest BCUT2D eigenvalue weighted by Gasteiger charge is -2.15. The van der Waals surface area contributed by atoms with Crippen molar-refractivity contribution in [2.45, 2.75) is 26.7 Å². The van der Waals surface area contributed by atoms with Crippen LogP contribution in [0.2, 0.25) is 5.02 Å². The highest BCUT2D eigenvalue weighted by molar-refractivity contribution is 9.10. The summed E-state index contributed by atoms with van der Waals surface area (Å²) in [5.41, 5.74) is -0.355. The molecule has 5 heteroatoms. The van der Waals surface area contributed by atoms with E-state index in [-0.39, 0.29) is 10.4 Å². The standard InChI is InChI=1S/C13H14BrClFNO/c1-13(2,8-17)4-3-5-18-12-7-11(16)10(15)6-9(12)14/h6-7H,3-5H2,1-2H3. The molecule has 0 saturated heterocycles. The lowest BCUT2D eigenvalue weighted by Crippen LogP contribution is -2.10. The molecule has 0 radical (unpaired) electrons. The molecular weight excluding hydrogens is 321 g/mol. The Morgan fingerprint density at radius 1 is 1.50 bits per heavy atom. The van der Waals surface area contributed by atoms with E-state index in [0.29, 0.717) is 16.8 Å². The molecule has 0 N–H and O–H groups in total. The molecule has 18 heavy (non-hydrogen) atoms. The highest BCUT2D eigenvalue weighted by Gasteiger charge is 2.16. The van der Waals surface area contributed by atoms with E-state index in [0.717, 1.165) is 12.8 Å². The van der Waals surface area contributed by atoms with Gasteiger partial charge in [0.2, 0.25) is 0 Å². The average Bonchev–Trinajstić information content (AvgIpc) is 2.31. The highest BCUT2D eigenvalue weighted by atomic mass is 79.9. The van der Waals surface area contributed by atoms with Gasteiger partial charge in [-0.2, -0.15) is 5.26 Å². The Hall–Kier alpha value is -0.790. The van der Waals surface area contributed by atoms with Crippen molar-refractivity contribution in [1.82, 2.24) is 0 Å². The van der Waals surface area contributed by atoms with Crippen LogP contribution >= 0.6 is 27.5 Å². The smallest absolute Gasteiger partial charge is 0.145 e. The molecule has 0 saturated carbocycles. The molecule has 98 valence electrons. The summed E-state index contributed by atoms with van der Waals surface area (Å²) >= 11 is 8.89. The number of ether oxygens (including phenoxy) is 1. The van der Waals surface area contributed by atoms with Crippen LogP contribution in [-0.4, -0.2) is 6.61 Å². The van der Waals surface area contributed by atoms with Crippen LogP contribution in [0.1, 0.15) is 26.7 Å². The largest absolute Gasteiger partial charge is 0.492 e. The zero-order valence-corrected chi connectivity index (χ0v) is 12.6. The predicted octanol–water partition coefficient (Wildman–Crippen LogP) is 4.95. The van der Waals surface area contributed by atoms with Gasteiger partial charge < -0.3 is 4.74 Å². The Bertz CT molecular complexity index is 471. The van der Waals surface area contributed by atoms with Crippen LogP contribution in [0.4, 0.5) is 4.39 Å². The Morgan fingerprint density at radius 3 is 2.78 bits per heavy atom. The molecule has 2 nitrogen and oxygen atoms in total. The number of hydrogen-bond acceptors (Lipinski definition) is 2. The van der Waals surface area contributed by atoms with Crippen molar-refractivity contribution >= 4 is 27.5 Å². The molecule has 0 aliphatic carbocycles. The van der Waals surface area contributed by atoms with Crippen molar-refractivity contribution < 1.29 is 9.13 Å². The lowest BCUT2D eigenvalue weighted by molar-refractivity contribution is 0.281. The first-order chi connectivity index (χ1) is 8.35. The first-order valence-electron chi connectivity index (χ1n) is 5.54. The minimum absolute atomic E-state index is 0.0554. The van der Waals surface area contributed by atoms with Gasteiger partial charge in [0.1, 0.15) is 11.6 Å². The summed E-state index contributed by atoms with van der Waals surface area (Å²) in [6.07, 6.45) is 1.47. The van der Waals surface area contributed by atoms with E-state index in [2.05, 4.69) is 22.0 Å². The third kappa shape index (κ3) is 4.47. The average molecular weight is 335 g/mol. The summed E-state index contributed by atoms with van der Waals surface area (Å²) < 4.78 is 19.3. The molecule has 0 bridgehead atoms. The van der Waals surface area contributed by atoms with E-state index in [1.807, 2.05) is 13.8 Å². The van der Waals surface area contributed by atoms with Crippen LogP contribution in [0.15, 0.2) is 16.6 Å². The minimum atomic E-state index is -0.507. The second-order valence-corrected chi connectivity index (χ2v) is 5.91. The molecular formula is C13H14BrClFNO. The van der Waals surface area contributed by atoms with Gasteiger partial charge in [0.05, 0.1) is 27.6 Å². The van der Waals surface area contributed by atoms with Gasteiger partial charge in [0.15, 0.2) is 0 Å². The Morgan fingerprint density at radius 2 is 2.17 bits per heavy atom. The Balaban J connectivity index is 2.50. The highest BCUT2D eigenvalue weighted by Crippen LogP contribution is 2.31. The maximum absolute atomic E-state index is 13.2. The Kier molecular flexibility index (Phi) is 5.43. The summed E-state index contributed by atoms with van der Waals surface area (Å²) in [6.45, 7) is 4.19. The van der Waals surface area contributed by atoms with E-state index >= 15 is 0 Å². The minimum Gasteiger partial charge on any atom is -0.492 e. The first-order valence-corrected chi connectivity index (χ1v) is 6.71. The van der Waals surface area contributed by atoms with Crippen molar-refractivity contribution in [3.63, 3.8) is 0 Å². The fourth-order valence-corrected chi connectivity index (χ4v) is 2.12. The fraction of sp³-hybridized carbons (Fsp3) is 0.462. The first kappa shape index (κ1) is 15.3. The van der Waals surface area contributed by atoms with Crippen LogP contribution < -0.4 is 4.74 Å². The van der Waals surface area contributed by atoms with Gasteiger partial charge in [-0.25, -0.2) is 4.39 Å². The predicted molar refractivity (Wildman–Crippen MR) is 73.2 cm³/mol. The molecule has 1 aromatic rings. The number of halogens is 3. The topological polar surface area (TPSA) is 33.0 Å². The van der Waals surface area contributed by atoms with Gasteiger partial charge in [-0.1, -0.05) is 11.6 Å². The molecule has 0 heterocycles. The molecule has 1 aromatic carbocycles. The number of benzene rings is 1. The summed E-state index contributed by atoms with van der Waals surface area (Å²) in [6, 6.07) is 4.94. The number of nitrogens with zero attached hydrogens (tertiary/aromatic N) is 1. The number of hydrogen-bond donors (Lipinski definition) is 0. The second-order valence-electron chi connectivity index (χ2n) is 4.64. The van der Waals surface area contributed by atoms with E-state index in [1.54, 1.807) is 0 Å². The summed E-state index contributed by atoms with van der Waals surface area (Å²) in [7, 11) is 0. The van der Waals surface area contributed by atoms with Gasteiger partial charge in [-0.3, -0.25) is 0 Å². The summed E-state index contributed by atoms with van der Waals surface area (Å²) in [5.74, 6) is -0.0844. The van der Waals surface area contributed by atoms with Crippen LogP contribution in [0.5, 0.6) is 5.75 Å². The third-order valence-electron chi connectivity index (χ3n) is 2.48. The maximum Gasteiger partial charge on any atom is 0.145 e. The lowest BCUT2D eigenvalue weighted by atomic mass is 9.90. The molecule has 0 aliphatic rings. The molecule has 0 aromatic heterocycles. The summed E-state index contributed by atoms with van der Waals surface area (Å²) in [4.78, 5) is 0. The van der Waals surface area contributed by atoms with Crippen molar-refractivity contribution in [3.05, 3.63) is 27.4 Å². The Labute approximate surface area is 120 Å². The van der Waals surface area contributed by atoms with E-state index in [4.69, 9.17) is 21.6 Å². The molecule has 0 unspecified atom stereocenters. The number of nitriles is 1. The normalized spacial score (nSPS) is 11.1. The van der Waals surface area contributed by atoms with Crippen LogP contribution in [0.3, 0.4) is 0 Å². The van der Waals surface area contributed by atoms with E-state index < -0.39 is 5.82 Å². The molecule has 1 rings (SSSR count). The maximum atomic E-state index is 13.2. The van der Waals surface area contributed by atoms with E-state index in [9.17, 15) is 4.39 Å². The van der Waals surface area contributed by atoms with Crippen molar-refractivity contribution in [2.75, 3.05) is 6.61 Å². The quantitative estimate of drug-likeness (QED) is 0.564. The van der Waals surface area contributed by atoms with Crippen molar-refractivity contribution in [3.8, 4) is 11.8 Å². The molecule has 0 atom stereocenters. The van der Waals surface area contributed by atoms with Gasteiger partial charge in [-0.15, -0.1) is 0 Å². The zero-order valence-electron chi connectivity index (χ0n) is 10.3. The van der Waals surface area contributed by atoms with Crippen molar-refractivity contribution in [1.29, 1.82) is 5.26 Å². The third-order valence-corrected chi connectivity index (χ3v) is 3.39. The van der Waals surface area contributed by atoms with Gasteiger partial charge in [0.25, 0.3) is 0 Å². The van der Waals surface area contributed by atoms with Crippen LogP contribution in [0.25, 0.3) is 0 Å².